The molecule has 1 fully saturated rings. The Labute approximate surface area is 165 Å². The van der Waals surface area contributed by atoms with E-state index in [0.717, 1.165) is 43.6 Å². The average molecular weight is 416 g/mol. The zero-order chi connectivity index (χ0) is 21.0. The van der Waals surface area contributed by atoms with Gasteiger partial charge in [0.15, 0.2) is 0 Å². The van der Waals surface area contributed by atoms with Crippen molar-refractivity contribution in [1.29, 1.82) is 0 Å². The number of alkyl halides is 3. The number of aromatic nitrogens is 3. The minimum Gasteiger partial charge on any atom is -0.475 e. The highest BCUT2D eigenvalue weighted by atomic mass is 19.4. The Hall–Kier alpha value is -2.40. The number of hydrogen-bond donors (Lipinski definition) is 1. The summed E-state index contributed by atoms with van der Waals surface area (Å²) in [5.41, 5.74) is 2.38. The van der Waals surface area contributed by atoms with Crippen LogP contribution in [-0.4, -0.2) is 57.4 Å². The van der Waals surface area contributed by atoms with Crippen LogP contribution in [0.5, 0.6) is 0 Å². The lowest BCUT2D eigenvalue weighted by Gasteiger charge is -2.31. The summed E-state index contributed by atoms with van der Waals surface area (Å²) in [4.78, 5) is 11.3. The van der Waals surface area contributed by atoms with Gasteiger partial charge >= 0.3 is 12.1 Å². The first-order valence-electron chi connectivity index (χ1n) is 9.24. The van der Waals surface area contributed by atoms with Crippen LogP contribution < -0.4 is 0 Å². The maximum atomic E-state index is 10.6. The number of fused-ring (bicyclic) bond motifs is 1. The Morgan fingerprint density at radius 3 is 2.69 bits per heavy atom. The van der Waals surface area contributed by atoms with E-state index in [9.17, 15) is 13.2 Å². The molecule has 2 aliphatic rings. The summed E-state index contributed by atoms with van der Waals surface area (Å²) < 4.78 is 44.8. The fourth-order valence-corrected chi connectivity index (χ4v) is 3.35. The van der Waals surface area contributed by atoms with Crippen LogP contribution in [0.4, 0.5) is 13.2 Å². The van der Waals surface area contributed by atoms with Crippen molar-refractivity contribution in [3.8, 4) is 0 Å². The summed E-state index contributed by atoms with van der Waals surface area (Å²) in [5.74, 6) is -0.634. The number of nitrogens with zero attached hydrogens (tertiary/aromatic N) is 4. The molecule has 0 amide bonds. The maximum absolute atomic E-state index is 10.6. The van der Waals surface area contributed by atoms with Crippen LogP contribution in [0.1, 0.15) is 35.9 Å². The quantitative estimate of drug-likeness (QED) is 0.774. The minimum absolute atomic E-state index is 0.331. The molecule has 11 heteroatoms. The molecule has 2 aromatic rings. The van der Waals surface area contributed by atoms with Crippen molar-refractivity contribution in [3.05, 3.63) is 35.5 Å². The number of methoxy groups -OCH3 is 1. The van der Waals surface area contributed by atoms with Gasteiger partial charge in [0.05, 0.1) is 25.1 Å². The third-order valence-corrected chi connectivity index (χ3v) is 4.78. The lowest BCUT2D eigenvalue weighted by molar-refractivity contribution is -0.192. The molecule has 29 heavy (non-hydrogen) atoms. The highest BCUT2D eigenvalue weighted by Crippen LogP contribution is 2.34. The number of hydrogen-bond acceptors (Lipinski definition) is 6. The van der Waals surface area contributed by atoms with E-state index in [0.29, 0.717) is 12.5 Å². The van der Waals surface area contributed by atoms with Gasteiger partial charge in [-0.25, -0.2) is 9.48 Å². The summed E-state index contributed by atoms with van der Waals surface area (Å²) >= 11 is 0. The van der Waals surface area contributed by atoms with Crippen LogP contribution in [0.15, 0.2) is 22.8 Å². The Morgan fingerprint density at radius 1 is 1.41 bits per heavy atom. The van der Waals surface area contributed by atoms with Crippen molar-refractivity contribution in [2.45, 2.75) is 44.6 Å². The van der Waals surface area contributed by atoms with Crippen molar-refractivity contribution < 1.29 is 32.2 Å². The molecule has 0 radical (unpaired) electrons. The fraction of sp³-hybridized carbons (Fsp3) is 0.611. The largest absolute Gasteiger partial charge is 0.490 e. The monoisotopic (exact) mass is 416 g/mol. The van der Waals surface area contributed by atoms with Gasteiger partial charge in [-0.3, -0.25) is 4.90 Å². The molecule has 0 spiro atoms. The van der Waals surface area contributed by atoms with Gasteiger partial charge in [0.2, 0.25) is 0 Å². The summed E-state index contributed by atoms with van der Waals surface area (Å²) in [7, 11) is 1.76. The van der Waals surface area contributed by atoms with Crippen LogP contribution in [0.25, 0.3) is 0 Å². The molecule has 3 heterocycles. The third kappa shape index (κ3) is 5.80. The molecule has 1 atom stereocenters. The zero-order valence-corrected chi connectivity index (χ0v) is 15.9. The first kappa shape index (κ1) is 21.3. The number of carboxylic acid groups (broad SMARTS) is 1. The van der Waals surface area contributed by atoms with Gasteiger partial charge < -0.3 is 14.3 Å². The first-order valence-corrected chi connectivity index (χ1v) is 9.24. The van der Waals surface area contributed by atoms with Crippen molar-refractivity contribution in [2.75, 3.05) is 20.3 Å². The summed E-state index contributed by atoms with van der Waals surface area (Å²) in [5, 5.41) is 16.0. The number of carboxylic acids is 1. The van der Waals surface area contributed by atoms with Crippen molar-refractivity contribution >= 4 is 5.97 Å². The molecule has 1 unspecified atom stereocenters. The van der Waals surface area contributed by atoms with Gasteiger partial charge in [0.25, 0.3) is 0 Å². The molecule has 0 saturated heterocycles. The van der Waals surface area contributed by atoms with Crippen molar-refractivity contribution in [3.63, 3.8) is 0 Å². The van der Waals surface area contributed by atoms with E-state index in [1.54, 1.807) is 13.4 Å². The van der Waals surface area contributed by atoms with Crippen LogP contribution in [0, 0.1) is 5.92 Å². The summed E-state index contributed by atoms with van der Waals surface area (Å²) in [6.07, 6.45) is -0.703. The molecule has 4 rings (SSSR count). The molecule has 1 aliphatic carbocycles. The van der Waals surface area contributed by atoms with Crippen molar-refractivity contribution in [2.24, 2.45) is 5.92 Å². The topological polar surface area (TPSA) is 93.6 Å². The van der Waals surface area contributed by atoms with Crippen LogP contribution in [0.3, 0.4) is 0 Å². The van der Waals surface area contributed by atoms with E-state index in [2.05, 4.69) is 19.9 Å². The minimum atomic E-state index is -5.08. The Bertz CT molecular complexity index is 803. The zero-order valence-electron chi connectivity index (χ0n) is 15.9. The van der Waals surface area contributed by atoms with Crippen LogP contribution >= 0.6 is 0 Å². The van der Waals surface area contributed by atoms with Gasteiger partial charge in [0.1, 0.15) is 11.5 Å². The number of rotatable bonds is 6. The van der Waals surface area contributed by atoms with E-state index >= 15 is 0 Å². The molecule has 1 saturated carbocycles. The third-order valence-electron chi connectivity index (χ3n) is 4.78. The molecule has 0 bridgehead atoms. The smallest absolute Gasteiger partial charge is 0.475 e. The van der Waals surface area contributed by atoms with E-state index < -0.39 is 12.1 Å². The predicted molar refractivity (Wildman–Crippen MR) is 93.9 cm³/mol. The van der Waals surface area contributed by atoms with Gasteiger partial charge in [-0.1, -0.05) is 5.21 Å². The lowest BCUT2D eigenvalue weighted by Crippen LogP contribution is -2.36. The van der Waals surface area contributed by atoms with E-state index in [1.807, 2.05) is 12.1 Å². The van der Waals surface area contributed by atoms with Crippen LogP contribution in [0.2, 0.25) is 0 Å². The fourth-order valence-electron chi connectivity index (χ4n) is 3.35. The normalized spacial score (nSPS) is 19.4. The predicted octanol–water partition coefficient (Wildman–Crippen LogP) is 2.66. The molecular weight excluding hydrogens is 393 g/mol. The maximum Gasteiger partial charge on any atom is 0.490 e. The second kappa shape index (κ2) is 8.95. The Balaban J connectivity index is 0.000000298. The van der Waals surface area contributed by atoms with E-state index in [4.69, 9.17) is 19.1 Å². The highest BCUT2D eigenvalue weighted by molar-refractivity contribution is 5.73. The number of carbonyl (C=O) groups is 1. The van der Waals surface area contributed by atoms with Gasteiger partial charge in [0, 0.05) is 32.7 Å². The summed E-state index contributed by atoms with van der Waals surface area (Å²) in [6.45, 7) is 4.32. The standard InChI is InChI=1S/C16H22N4O2.C2HF3O2/c1-21-11-13-8-19(9-14-3-2-6-22-14)10-15-16(13)20(18-17-15)7-12-4-5-12;3-2(4,5)1(6)7/h2-3,6,12-13H,4-5,7-11H2,1H3;(H,6,7). The SMILES string of the molecule is COCC1CN(Cc2ccco2)Cc2nnn(CC3CC3)c21.O=C(O)C(F)(F)F. The number of aliphatic carboxylic acids is 1. The average Bonchev–Trinajstić information content (AvgIpc) is 3.14. The molecule has 0 aromatic carbocycles. The lowest BCUT2D eigenvalue weighted by atomic mass is 9.98. The molecular formula is C18H23F3N4O4. The second-order valence-corrected chi connectivity index (χ2v) is 7.25. The Morgan fingerprint density at radius 2 is 2.14 bits per heavy atom. The first-order chi connectivity index (χ1) is 13.8. The van der Waals surface area contributed by atoms with Crippen molar-refractivity contribution in [1.82, 2.24) is 19.9 Å². The van der Waals surface area contributed by atoms with E-state index in [1.165, 1.54) is 18.5 Å². The second-order valence-electron chi connectivity index (χ2n) is 7.25. The number of ether oxygens (including phenoxy) is 1. The summed E-state index contributed by atoms with van der Waals surface area (Å²) in [6, 6.07) is 3.95. The van der Waals surface area contributed by atoms with Crippen LogP contribution in [-0.2, 0) is 29.2 Å². The molecule has 1 aliphatic heterocycles. The van der Waals surface area contributed by atoms with Gasteiger partial charge in [-0.05, 0) is 30.9 Å². The molecule has 160 valence electrons. The molecule has 1 N–H and O–H groups in total. The molecule has 2 aromatic heterocycles. The van der Waals surface area contributed by atoms with E-state index in [-0.39, 0.29) is 0 Å². The Kier molecular flexibility index (Phi) is 6.58. The number of furan rings is 1. The van der Waals surface area contributed by atoms with Gasteiger partial charge in [-0.2, -0.15) is 13.2 Å². The van der Waals surface area contributed by atoms with Gasteiger partial charge in [-0.15, -0.1) is 5.10 Å². The number of halogens is 3. The highest BCUT2D eigenvalue weighted by Gasteiger charge is 2.38. The molecule has 8 nitrogen and oxygen atoms in total.